The topological polar surface area (TPSA) is 32.3 Å². The molecule has 1 aromatic rings. The fourth-order valence-corrected chi connectivity index (χ4v) is 1.72. The molecule has 0 aliphatic rings. The Balaban J connectivity index is 2.12. The van der Waals surface area contributed by atoms with Gasteiger partial charge in [-0.05, 0) is 66.6 Å². The zero-order chi connectivity index (χ0) is 11.1. The van der Waals surface area contributed by atoms with Crippen LogP contribution >= 0.6 is 22.6 Å². The van der Waals surface area contributed by atoms with Crippen molar-refractivity contribution in [2.75, 3.05) is 6.54 Å². The van der Waals surface area contributed by atoms with Gasteiger partial charge in [0.05, 0.1) is 6.10 Å². The highest BCUT2D eigenvalue weighted by Crippen LogP contribution is 2.06. The van der Waals surface area contributed by atoms with E-state index in [2.05, 4.69) is 52.2 Å². The van der Waals surface area contributed by atoms with Gasteiger partial charge in [0.25, 0.3) is 0 Å². The van der Waals surface area contributed by atoms with E-state index in [0.717, 1.165) is 25.9 Å². The lowest BCUT2D eigenvalue weighted by atomic mass is 10.2. The Morgan fingerprint density at radius 1 is 1.33 bits per heavy atom. The maximum Gasteiger partial charge on any atom is 0.0512 e. The number of hydrogen-bond donors (Lipinski definition) is 2. The van der Waals surface area contributed by atoms with Crippen molar-refractivity contribution >= 4 is 22.6 Å². The molecule has 15 heavy (non-hydrogen) atoms. The highest BCUT2D eigenvalue weighted by molar-refractivity contribution is 14.1. The summed E-state index contributed by atoms with van der Waals surface area (Å²) in [6, 6.07) is 8.52. The van der Waals surface area contributed by atoms with Crippen molar-refractivity contribution in [2.24, 2.45) is 0 Å². The maximum atomic E-state index is 9.07. The van der Waals surface area contributed by atoms with E-state index < -0.39 is 0 Å². The molecule has 0 aliphatic heterocycles. The molecule has 0 heterocycles. The largest absolute Gasteiger partial charge is 0.393 e. The van der Waals surface area contributed by atoms with Gasteiger partial charge in [-0.1, -0.05) is 12.1 Å². The quantitative estimate of drug-likeness (QED) is 0.624. The highest BCUT2D eigenvalue weighted by Gasteiger charge is 1.95. The summed E-state index contributed by atoms with van der Waals surface area (Å²) in [6.45, 7) is 3.72. The lowest BCUT2D eigenvalue weighted by Gasteiger charge is -2.06. The Hall–Kier alpha value is -0.130. The van der Waals surface area contributed by atoms with Crippen LogP contribution in [0.3, 0.4) is 0 Å². The van der Waals surface area contributed by atoms with Crippen molar-refractivity contribution in [1.82, 2.24) is 5.32 Å². The van der Waals surface area contributed by atoms with Gasteiger partial charge >= 0.3 is 0 Å². The lowest BCUT2D eigenvalue weighted by Crippen LogP contribution is -2.16. The van der Waals surface area contributed by atoms with E-state index >= 15 is 0 Å². The predicted molar refractivity (Wildman–Crippen MR) is 71.8 cm³/mol. The van der Waals surface area contributed by atoms with Gasteiger partial charge < -0.3 is 10.4 Å². The third-order valence-electron chi connectivity index (χ3n) is 2.22. The average Bonchev–Trinajstić information content (AvgIpc) is 2.20. The summed E-state index contributed by atoms with van der Waals surface area (Å²) in [4.78, 5) is 0. The van der Waals surface area contributed by atoms with E-state index in [1.165, 1.54) is 9.13 Å². The second-order valence-electron chi connectivity index (χ2n) is 3.79. The molecule has 0 bridgehead atoms. The third kappa shape index (κ3) is 6.12. The lowest BCUT2D eigenvalue weighted by molar-refractivity contribution is 0.181. The minimum atomic E-state index is -0.176. The number of benzene rings is 1. The second-order valence-corrected chi connectivity index (χ2v) is 5.04. The molecule has 0 saturated heterocycles. The average molecular weight is 319 g/mol. The summed E-state index contributed by atoms with van der Waals surface area (Å²) < 4.78 is 1.27. The molecule has 2 nitrogen and oxygen atoms in total. The monoisotopic (exact) mass is 319 g/mol. The minimum Gasteiger partial charge on any atom is -0.393 e. The van der Waals surface area contributed by atoms with Gasteiger partial charge in [0, 0.05) is 10.1 Å². The zero-order valence-electron chi connectivity index (χ0n) is 9.04. The smallest absolute Gasteiger partial charge is 0.0512 e. The second kappa shape index (κ2) is 7.19. The molecule has 0 fully saturated rings. The van der Waals surface area contributed by atoms with Gasteiger partial charge in [0.15, 0.2) is 0 Å². The molecule has 3 heteroatoms. The van der Waals surface area contributed by atoms with Crippen LogP contribution in [0.1, 0.15) is 25.3 Å². The van der Waals surface area contributed by atoms with Gasteiger partial charge in [-0.3, -0.25) is 0 Å². The van der Waals surface area contributed by atoms with Gasteiger partial charge in [-0.2, -0.15) is 0 Å². The molecule has 84 valence electrons. The van der Waals surface area contributed by atoms with Crippen LogP contribution in [0.5, 0.6) is 0 Å². The Bertz CT molecular complexity index is 271. The molecule has 0 amide bonds. The van der Waals surface area contributed by atoms with Gasteiger partial charge in [-0.25, -0.2) is 0 Å². The highest BCUT2D eigenvalue weighted by atomic mass is 127. The Labute approximate surface area is 105 Å². The first kappa shape index (κ1) is 12.9. The van der Waals surface area contributed by atoms with Crippen LogP contribution in [0.25, 0.3) is 0 Å². The van der Waals surface area contributed by atoms with Crippen molar-refractivity contribution in [2.45, 2.75) is 32.4 Å². The van der Waals surface area contributed by atoms with Crippen molar-refractivity contribution in [3.05, 3.63) is 33.4 Å². The summed E-state index contributed by atoms with van der Waals surface area (Å²) in [5.41, 5.74) is 1.31. The minimum absolute atomic E-state index is 0.176. The maximum absolute atomic E-state index is 9.07. The number of halogens is 1. The molecule has 2 N–H and O–H groups in total. The SMILES string of the molecule is CC(O)CCCNCc1ccc(I)cc1. The standard InChI is InChI=1S/C12H18INO/c1-10(15)3-2-8-14-9-11-4-6-12(13)7-5-11/h4-7,10,14-15H,2-3,8-9H2,1H3. The van der Waals surface area contributed by atoms with E-state index in [1.807, 2.05) is 6.92 Å². The first-order chi connectivity index (χ1) is 7.18. The summed E-state index contributed by atoms with van der Waals surface area (Å²) in [7, 11) is 0. The Morgan fingerprint density at radius 3 is 2.60 bits per heavy atom. The molecule has 0 saturated carbocycles. The van der Waals surface area contributed by atoms with Crippen molar-refractivity contribution in [1.29, 1.82) is 0 Å². The number of aliphatic hydroxyl groups is 1. The molecule has 1 atom stereocenters. The normalized spacial score (nSPS) is 12.7. The number of aliphatic hydroxyl groups excluding tert-OH is 1. The molecule has 0 spiro atoms. The Morgan fingerprint density at radius 2 is 2.00 bits per heavy atom. The van der Waals surface area contributed by atoms with E-state index in [-0.39, 0.29) is 6.10 Å². The van der Waals surface area contributed by atoms with E-state index in [1.54, 1.807) is 0 Å². The molecular weight excluding hydrogens is 301 g/mol. The predicted octanol–water partition coefficient (Wildman–Crippen LogP) is 2.54. The van der Waals surface area contributed by atoms with E-state index in [0.29, 0.717) is 0 Å². The van der Waals surface area contributed by atoms with Crippen LogP contribution < -0.4 is 5.32 Å². The third-order valence-corrected chi connectivity index (χ3v) is 2.94. The molecule has 1 aromatic carbocycles. The fraction of sp³-hybridized carbons (Fsp3) is 0.500. The summed E-state index contributed by atoms with van der Waals surface area (Å²) in [5, 5.41) is 12.4. The van der Waals surface area contributed by atoms with Crippen LogP contribution in [0.15, 0.2) is 24.3 Å². The van der Waals surface area contributed by atoms with Crippen LogP contribution in [0, 0.1) is 3.57 Å². The van der Waals surface area contributed by atoms with E-state index in [4.69, 9.17) is 5.11 Å². The van der Waals surface area contributed by atoms with E-state index in [9.17, 15) is 0 Å². The molecule has 1 unspecified atom stereocenters. The van der Waals surface area contributed by atoms with Crippen LogP contribution in [-0.2, 0) is 6.54 Å². The Kier molecular flexibility index (Phi) is 6.20. The first-order valence-electron chi connectivity index (χ1n) is 5.31. The summed E-state index contributed by atoms with van der Waals surface area (Å²) in [6.07, 6.45) is 1.73. The van der Waals surface area contributed by atoms with Crippen molar-refractivity contribution < 1.29 is 5.11 Å². The first-order valence-corrected chi connectivity index (χ1v) is 6.39. The molecule has 1 rings (SSSR count). The molecule has 0 aliphatic carbocycles. The number of hydrogen-bond acceptors (Lipinski definition) is 2. The van der Waals surface area contributed by atoms with Crippen molar-refractivity contribution in [3.8, 4) is 0 Å². The van der Waals surface area contributed by atoms with Crippen molar-refractivity contribution in [3.63, 3.8) is 0 Å². The van der Waals surface area contributed by atoms with Gasteiger partial charge in [0.2, 0.25) is 0 Å². The van der Waals surface area contributed by atoms with Gasteiger partial charge in [0.1, 0.15) is 0 Å². The van der Waals surface area contributed by atoms with Crippen LogP contribution in [-0.4, -0.2) is 17.8 Å². The number of rotatable bonds is 6. The van der Waals surface area contributed by atoms with Crippen LogP contribution in [0.4, 0.5) is 0 Å². The molecule has 0 radical (unpaired) electrons. The number of nitrogens with one attached hydrogen (secondary N) is 1. The summed E-state index contributed by atoms with van der Waals surface area (Å²) >= 11 is 2.31. The zero-order valence-corrected chi connectivity index (χ0v) is 11.2. The fourth-order valence-electron chi connectivity index (χ4n) is 1.36. The van der Waals surface area contributed by atoms with Gasteiger partial charge in [-0.15, -0.1) is 0 Å². The molecule has 0 aromatic heterocycles. The summed E-state index contributed by atoms with van der Waals surface area (Å²) in [5.74, 6) is 0. The van der Waals surface area contributed by atoms with Crippen LogP contribution in [0.2, 0.25) is 0 Å². The molecular formula is C12H18INO.